The molecule has 0 saturated heterocycles. The van der Waals surface area contributed by atoms with Gasteiger partial charge in [0.05, 0.1) is 10.6 Å². The van der Waals surface area contributed by atoms with Gasteiger partial charge in [-0.2, -0.15) is 0 Å². The highest BCUT2D eigenvalue weighted by Gasteiger charge is 2.14. The summed E-state index contributed by atoms with van der Waals surface area (Å²) in [4.78, 5) is 0.0843. The molecule has 126 valence electrons. The van der Waals surface area contributed by atoms with Crippen LogP contribution in [0.4, 0.5) is 5.69 Å². The zero-order valence-electron chi connectivity index (χ0n) is 12.6. The molecule has 7 nitrogen and oxygen atoms in total. The molecule has 0 aliphatic rings. The highest BCUT2D eigenvalue weighted by molar-refractivity contribution is 7.92. The summed E-state index contributed by atoms with van der Waals surface area (Å²) in [6.07, 6.45) is 1.91. The molecule has 1 aromatic rings. The summed E-state index contributed by atoms with van der Waals surface area (Å²) in [5.41, 5.74) is 5.65. The summed E-state index contributed by atoms with van der Waals surface area (Å²) >= 11 is 0. The average molecular weight is 349 g/mol. The highest BCUT2D eigenvalue weighted by Crippen LogP contribution is 2.15. The molecule has 0 unspecified atom stereocenters. The van der Waals surface area contributed by atoms with Crippen LogP contribution < -0.4 is 15.2 Å². The van der Waals surface area contributed by atoms with Crippen LogP contribution in [-0.4, -0.2) is 35.7 Å². The van der Waals surface area contributed by atoms with Crippen molar-refractivity contribution in [3.05, 3.63) is 24.3 Å². The van der Waals surface area contributed by atoms with Gasteiger partial charge in [-0.1, -0.05) is 13.3 Å². The van der Waals surface area contributed by atoms with Crippen molar-refractivity contribution < 1.29 is 16.8 Å². The molecule has 4 N–H and O–H groups in total. The van der Waals surface area contributed by atoms with E-state index in [1.807, 2.05) is 6.92 Å². The first-order valence-electron chi connectivity index (χ1n) is 7.11. The van der Waals surface area contributed by atoms with E-state index in [0.717, 1.165) is 6.42 Å². The summed E-state index contributed by atoms with van der Waals surface area (Å²) in [7, 11) is -6.98. The molecule has 0 heterocycles. The first-order valence-corrected chi connectivity index (χ1v) is 10.2. The van der Waals surface area contributed by atoms with Crippen molar-refractivity contribution in [1.29, 1.82) is 0 Å². The van der Waals surface area contributed by atoms with E-state index in [1.165, 1.54) is 24.3 Å². The normalized spacial score (nSPS) is 12.3. The van der Waals surface area contributed by atoms with Crippen LogP contribution in [0.5, 0.6) is 0 Å². The molecule has 0 amide bonds. The fraction of sp³-hybridized carbons (Fsp3) is 0.538. The van der Waals surface area contributed by atoms with Crippen LogP contribution in [0.1, 0.15) is 26.2 Å². The Morgan fingerprint density at radius 1 is 1.05 bits per heavy atom. The minimum absolute atomic E-state index is 0.0458. The van der Waals surface area contributed by atoms with Gasteiger partial charge in [-0.3, -0.25) is 4.72 Å². The maximum Gasteiger partial charge on any atom is 0.240 e. The quantitative estimate of drug-likeness (QED) is 0.541. The average Bonchev–Trinajstić information content (AvgIpc) is 2.45. The molecule has 0 aliphatic carbocycles. The van der Waals surface area contributed by atoms with Crippen molar-refractivity contribution in [2.45, 2.75) is 31.1 Å². The minimum Gasteiger partial charge on any atom is -0.330 e. The number of anilines is 1. The zero-order chi connectivity index (χ0) is 16.6. The summed E-state index contributed by atoms with van der Waals surface area (Å²) in [5, 5.41) is 0. The standard InChI is InChI=1S/C13H23N3O4S2/c1-2-3-11-21(17,18)16-12-5-7-13(8-6-12)22(19,20)15-10-4-9-14/h5-8,15-16H,2-4,9-11,14H2,1H3. The fourth-order valence-corrected chi connectivity index (χ4v) is 4.00. The third kappa shape index (κ3) is 6.30. The molecular weight excluding hydrogens is 326 g/mol. The van der Waals surface area contributed by atoms with Crippen molar-refractivity contribution in [1.82, 2.24) is 4.72 Å². The van der Waals surface area contributed by atoms with E-state index in [0.29, 0.717) is 25.1 Å². The van der Waals surface area contributed by atoms with Crippen molar-refractivity contribution in [2.24, 2.45) is 5.73 Å². The molecule has 0 aliphatic heterocycles. The summed E-state index contributed by atoms with van der Waals surface area (Å²) in [6.45, 7) is 2.58. The fourth-order valence-electron chi connectivity index (χ4n) is 1.66. The van der Waals surface area contributed by atoms with E-state index in [4.69, 9.17) is 5.73 Å². The smallest absolute Gasteiger partial charge is 0.240 e. The molecule has 0 atom stereocenters. The van der Waals surface area contributed by atoms with Crippen LogP contribution >= 0.6 is 0 Å². The third-order valence-electron chi connectivity index (χ3n) is 2.88. The molecule has 1 rings (SSSR count). The Kier molecular flexibility index (Phi) is 7.27. The van der Waals surface area contributed by atoms with Crippen LogP contribution in [0.25, 0.3) is 0 Å². The third-order valence-corrected chi connectivity index (χ3v) is 5.73. The van der Waals surface area contributed by atoms with Crippen molar-refractivity contribution >= 4 is 25.7 Å². The second kappa shape index (κ2) is 8.47. The molecule has 0 spiro atoms. The van der Waals surface area contributed by atoms with Gasteiger partial charge in [0.25, 0.3) is 0 Å². The Morgan fingerprint density at radius 2 is 1.68 bits per heavy atom. The number of nitrogens with two attached hydrogens (primary N) is 1. The summed E-state index contributed by atoms with van der Waals surface area (Å²) in [5.74, 6) is 0.0458. The number of rotatable bonds is 10. The van der Waals surface area contributed by atoms with Crippen LogP contribution in [-0.2, 0) is 20.0 Å². The lowest BCUT2D eigenvalue weighted by molar-refractivity contribution is 0.579. The molecule has 0 saturated carbocycles. The second-order valence-corrected chi connectivity index (χ2v) is 8.45. The first kappa shape index (κ1) is 18.9. The first-order chi connectivity index (χ1) is 10.3. The summed E-state index contributed by atoms with van der Waals surface area (Å²) in [6, 6.07) is 5.59. The van der Waals surface area contributed by atoms with Crippen molar-refractivity contribution in [3.63, 3.8) is 0 Å². The van der Waals surface area contributed by atoms with Crippen LogP contribution in [0.2, 0.25) is 0 Å². The van der Waals surface area contributed by atoms with E-state index >= 15 is 0 Å². The number of hydrogen-bond donors (Lipinski definition) is 3. The maximum absolute atomic E-state index is 12.0. The van der Waals surface area contributed by atoms with Gasteiger partial charge in [-0.15, -0.1) is 0 Å². The molecule has 0 bridgehead atoms. The van der Waals surface area contributed by atoms with E-state index in [9.17, 15) is 16.8 Å². The van der Waals surface area contributed by atoms with Gasteiger partial charge in [-0.05, 0) is 43.7 Å². The van der Waals surface area contributed by atoms with Gasteiger partial charge in [0.15, 0.2) is 0 Å². The topological polar surface area (TPSA) is 118 Å². The monoisotopic (exact) mass is 349 g/mol. The SMILES string of the molecule is CCCCS(=O)(=O)Nc1ccc(S(=O)(=O)NCCCN)cc1. The Hall–Kier alpha value is -1.16. The van der Waals surface area contributed by atoms with Gasteiger partial charge in [0, 0.05) is 12.2 Å². The van der Waals surface area contributed by atoms with Crippen molar-refractivity contribution in [3.8, 4) is 0 Å². The molecule has 0 radical (unpaired) electrons. The molecule has 9 heteroatoms. The van der Waals surface area contributed by atoms with Crippen molar-refractivity contribution in [2.75, 3.05) is 23.6 Å². The van der Waals surface area contributed by atoms with Crippen LogP contribution in [0, 0.1) is 0 Å². The molecule has 0 aromatic heterocycles. The van der Waals surface area contributed by atoms with E-state index in [1.54, 1.807) is 0 Å². The molecule has 22 heavy (non-hydrogen) atoms. The van der Waals surface area contributed by atoms with Crippen LogP contribution in [0.3, 0.4) is 0 Å². The number of benzene rings is 1. The zero-order valence-corrected chi connectivity index (χ0v) is 14.2. The van der Waals surface area contributed by atoms with Crippen LogP contribution in [0.15, 0.2) is 29.2 Å². The lowest BCUT2D eigenvalue weighted by Crippen LogP contribution is -2.26. The molecule has 1 aromatic carbocycles. The molecular formula is C13H23N3O4S2. The maximum atomic E-state index is 12.0. The Balaban J connectivity index is 2.74. The van der Waals surface area contributed by atoms with E-state index < -0.39 is 20.0 Å². The predicted molar refractivity (Wildman–Crippen MR) is 87.6 cm³/mol. The minimum atomic E-state index is -3.59. The van der Waals surface area contributed by atoms with E-state index in [-0.39, 0.29) is 17.2 Å². The number of unbranched alkanes of at least 4 members (excludes halogenated alkanes) is 1. The Bertz CT molecular complexity index is 655. The number of nitrogens with one attached hydrogen (secondary N) is 2. The Morgan fingerprint density at radius 3 is 2.23 bits per heavy atom. The van der Waals surface area contributed by atoms with E-state index in [2.05, 4.69) is 9.44 Å². The van der Waals surface area contributed by atoms with Gasteiger partial charge in [0.1, 0.15) is 0 Å². The summed E-state index contributed by atoms with van der Waals surface area (Å²) < 4.78 is 52.3. The lowest BCUT2D eigenvalue weighted by atomic mass is 10.3. The molecule has 0 fully saturated rings. The number of hydrogen-bond acceptors (Lipinski definition) is 5. The van der Waals surface area contributed by atoms with Gasteiger partial charge in [0.2, 0.25) is 20.0 Å². The van der Waals surface area contributed by atoms with Gasteiger partial charge >= 0.3 is 0 Å². The Labute approximate surface area is 132 Å². The van der Waals surface area contributed by atoms with Gasteiger partial charge < -0.3 is 5.73 Å². The number of sulfonamides is 2. The second-order valence-electron chi connectivity index (χ2n) is 4.84. The lowest BCUT2D eigenvalue weighted by Gasteiger charge is -2.09. The largest absolute Gasteiger partial charge is 0.330 e. The highest BCUT2D eigenvalue weighted by atomic mass is 32.2. The van der Waals surface area contributed by atoms with Gasteiger partial charge in [-0.25, -0.2) is 21.6 Å². The predicted octanol–water partition coefficient (Wildman–Crippen LogP) is 0.856.